The van der Waals surface area contributed by atoms with E-state index in [-0.39, 0.29) is 0 Å². The van der Waals surface area contributed by atoms with Gasteiger partial charge < -0.3 is 14.5 Å². The molecule has 0 fully saturated rings. The molecule has 0 unspecified atom stereocenters. The summed E-state index contributed by atoms with van der Waals surface area (Å²) in [7, 11) is 0. The maximum absolute atomic E-state index is 10.8. The summed E-state index contributed by atoms with van der Waals surface area (Å²) in [6.07, 6.45) is 2.73. The minimum absolute atomic E-state index is 0.386. The Morgan fingerprint density at radius 2 is 2.58 bits per heavy atom. The molecule has 1 aromatic rings. The summed E-state index contributed by atoms with van der Waals surface area (Å²) in [6.45, 7) is 2.59. The molecule has 66 valence electrons. The molecule has 4 heteroatoms. The topological polar surface area (TPSA) is 51.5 Å². The predicted octanol–water partition coefficient (Wildman–Crippen LogP) is 1.53. The van der Waals surface area contributed by atoms with E-state index >= 15 is 0 Å². The monoisotopic (exact) mass is 169 g/mol. The van der Waals surface area contributed by atoms with Crippen molar-refractivity contribution in [3.05, 3.63) is 24.2 Å². The summed E-state index contributed by atoms with van der Waals surface area (Å²) in [6, 6.07) is 1.78. The molecule has 0 saturated heterocycles. The predicted molar refractivity (Wildman–Crippen MR) is 42.6 cm³/mol. The van der Waals surface area contributed by atoms with Crippen molar-refractivity contribution in [1.29, 1.82) is 0 Å². The van der Waals surface area contributed by atoms with Crippen molar-refractivity contribution in [2.75, 3.05) is 6.61 Å². The average Bonchev–Trinajstić information content (AvgIpc) is 2.53. The van der Waals surface area contributed by atoms with Crippen LogP contribution in [0.2, 0.25) is 0 Å². The second kappa shape index (κ2) is 4.43. The number of carbonyl (C=O) groups is 1. The second-order valence-corrected chi connectivity index (χ2v) is 2.21. The summed E-state index contributed by atoms with van der Waals surface area (Å²) in [5.74, 6) is 0. The van der Waals surface area contributed by atoms with Gasteiger partial charge in [0.2, 0.25) is 0 Å². The number of ether oxygens (including phenoxy) is 1. The Kier molecular flexibility index (Phi) is 3.19. The molecule has 0 aromatic carbocycles. The molecule has 0 aliphatic heterocycles. The van der Waals surface area contributed by atoms with Gasteiger partial charge in [-0.05, 0) is 13.0 Å². The van der Waals surface area contributed by atoms with Crippen molar-refractivity contribution in [2.24, 2.45) is 0 Å². The molecule has 12 heavy (non-hydrogen) atoms. The number of amides is 1. The smallest absolute Gasteiger partial charge is 0.407 e. The van der Waals surface area contributed by atoms with Crippen LogP contribution in [0, 0.1) is 0 Å². The number of carbonyl (C=O) groups excluding carboxylic acids is 1. The van der Waals surface area contributed by atoms with Crippen molar-refractivity contribution in [3.8, 4) is 0 Å². The highest BCUT2D eigenvalue weighted by Gasteiger charge is 1.99. The van der Waals surface area contributed by atoms with E-state index in [4.69, 9.17) is 4.42 Å². The van der Waals surface area contributed by atoms with Crippen molar-refractivity contribution in [3.63, 3.8) is 0 Å². The lowest BCUT2D eigenvalue weighted by atomic mass is 10.3. The van der Waals surface area contributed by atoms with E-state index < -0.39 is 6.09 Å². The van der Waals surface area contributed by atoms with Gasteiger partial charge in [-0.1, -0.05) is 0 Å². The summed E-state index contributed by atoms with van der Waals surface area (Å²) in [5, 5.41) is 2.56. The van der Waals surface area contributed by atoms with Gasteiger partial charge in [0, 0.05) is 12.1 Å². The van der Waals surface area contributed by atoms with Crippen LogP contribution in [0.5, 0.6) is 0 Å². The highest BCUT2D eigenvalue weighted by molar-refractivity contribution is 5.67. The lowest BCUT2D eigenvalue weighted by Gasteiger charge is -2.02. The fourth-order valence-corrected chi connectivity index (χ4v) is 0.750. The molecule has 0 spiro atoms. The maximum Gasteiger partial charge on any atom is 0.407 e. The molecule has 1 heterocycles. The molecule has 0 aliphatic carbocycles. The zero-order valence-electron chi connectivity index (χ0n) is 6.87. The fraction of sp³-hybridized carbons (Fsp3) is 0.375. The van der Waals surface area contributed by atoms with Crippen LogP contribution in [0.3, 0.4) is 0 Å². The first-order valence-electron chi connectivity index (χ1n) is 3.74. The molecule has 0 atom stereocenters. The number of furan rings is 1. The maximum atomic E-state index is 10.8. The summed E-state index contributed by atoms with van der Waals surface area (Å²) >= 11 is 0. The third-order valence-corrected chi connectivity index (χ3v) is 1.29. The van der Waals surface area contributed by atoms with Crippen LogP contribution in [0.1, 0.15) is 12.5 Å². The van der Waals surface area contributed by atoms with Crippen LogP contribution < -0.4 is 5.32 Å². The number of hydrogen-bond donors (Lipinski definition) is 1. The summed E-state index contributed by atoms with van der Waals surface area (Å²) < 4.78 is 9.47. The molecule has 0 saturated carbocycles. The van der Waals surface area contributed by atoms with E-state index in [1.165, 1.54) is 0 Å². The molecule has 0 radical (unpaired) electrons. The molecule has 1 N–H and O–H groups in total. The van der Waals surface area contributed by atoms with Crippen LogP contribution in [0.15, 0.2) is 23.0 Å². The Bertz CT molecular complexity index is 230. The van der Waals surface area contributed by atoms with E-state index in [1.807, 2.05) is 0 Å². The second-order valence-electron chi connectivity index (χ2n) is 2.21. The first-order chi connectivity index (χ1) is 5.83. The molecular weight excluding hydrogens is 158 g/mol. The highest BCUT2D eigenvalue weighted by atomic mass is 16.5. The number of rotatable bonds is 3. The van der Waals surface area contributed by atoms with Crippen LogP contribution in [0.25, 0.3) is 0 Å². The normalized spacial score (nSPS) is 9.42. The van der Waals surface area contributed by atoms with E-state index in [9.17, 15) is 4.79 Å². The lowest BCUT2D eigenvalue weighted by molar-refractivity contribution is 0.151. The largest absolute Gasteiger partial charge is 0.472 e. The van der Waals surface area contributed by atoms with E-state index in [2.05, 4.69) is 10.1 Å². The summed E-state index contributed by atoms with van der Waals surface area (Å²) in [5.41, 5.74) is 0.919. The SMILES string of the molecule is CCOC(=O)NCc1ccoc1. The minimum atomic E-state index is -0.404. The molecule has 0 aliphatic rings. The number of hydrogen-bond acceptors (Lipinski definition) is 3. The van der Waals surface area contributed by atoms with Gasteiger partial charge in [0.25, 0.3) is 0 Å². The molecule has 1 rings (SSSR count). The van der Waals surface area contributed by atoms with Gasteiger partial charge in [-0.15, -0.1) is 0 Å². The van der Waals surface area contributed by atoms with Gasteiger partial charge in [-0.2, -0.15) is 0 Å². The fourth-order valence-electron chi connectivity index (χ4n) is 0.750. The molecular formula is C8H11NO3. The van der Waals surface area contributed by atoms with Crippen molar-refractivity contribution >= 4 is 6.09 Å². The Balaban J connectivity index is 2.22. The highest BCUT2D eigenvalue weighted by Crippen LogP contribution is 1.98. The quantitative estimate of drug-likeness (QED) is 0.746. The zero-order chi connectivity index (χ0) is 8.81. The molecule has 1 amide bonds. The van der Waals surface area contributed by atoms with Crippen LogP contribution in [0.4, 0.5) is 4.79 Å². The number of nitrogens with one attached hydrogen (secondary N) is 1. The Morgan fingerprint density at radius 1 is 1.75 bits per heavy atom. The van der Waals surface area contributed by atoms with Crippen LogP contribution in [-0.2, 0) is 11.3 Å². The first kappa shape index (κ1) is 8.64. The van der Waals surface area contributed by atoms with E-state index in [0.29, 0.717) is 13.2 Å². The Morgan fingerprint density at radius 3 is 3.17 bits per heavy atom. The molecule has 1 aromatic heterocycles. The van der Waals surface area contributed by atoms with Crippen molar-refractivity contribution < 1.29 is 13.9 Å². The van der Waals surface area contributed by atoms with Gasteiger partial charge in [0.15, 0.2) is 0 Å². The minimum Gasteiger partial charge on any atom is -0.472 e. The average molecular weight is 169 g/mol. The molecule has 0 bridgehead atoms. The third kappa shape index (κ3) is 2.65. The van der Waals surface area contributed by atoms with Crippen molar-refractivity contribution in [1.82, 2.24) is 5.32 Å². The lowest BCUT2D eigenvalue weighted by Crippen LogP contribution is -2.23. The summed E-state index contributed by atoms with van der Waals surface area (Å²) in [4.78, 5) is 10.8. The first-order valence-corrected chi connectivity index (χ1v) is 3.74. The van der Waals surface area contributed by atoms with E-state index in [1.54, 1.807) is 25.5 Å². The standard InChI is InChI=1S/C8H11NO3/c1-2-12-8(10)9-5-7-3-4-11-6-7/h3-4,6H,2,5H2,1H3,(H,9,10). The zero-order valence-corrected chi connectivity index (χ0v) is 6.87. The van der Waals surface area contributed by atoms with Gasteiger partial charge in [0.05, 0.1) is 19.1 Å². The van der Waals surface area contributed by atoms with Gasteiger partial charge in [-0.3, -0.25) is 0 Å². The van der Waals surface area contributed by atoms with Gasteiger partial charge >= 0.3 is 6.09 Å². The van der Waals surface area contributed by atoms with E-state index in [0.717, 1.165) is 5.56 Å². The van der Waals surface area contributed by atoms with Crippen molar-refractivity contribution in [2.45, 2.75) is 13.5 Å². The number of alkyl carbamates (subject to hydrolysis) is 1. The third-order valence-electron chi connectivity index (χ3n) is 1.29. The van der Waals surface area contributed by atoms with Gasteiger partial charge in [0.1, 0.15) is 0 Å². The Labute approximate surface area is 70.5 Å². The molecule has 4 nitrogen and oxygen atoms in total. The van der Waals surface area contributed by atoms with Gasteiger partial charge in [-0.25, -0.2) is 4.79 Å². The van der Waals surface area contributed by atoms with Crippen LogP contribution >= 0.6 is 0 Å². The van der Waals surface area contributed by atoms with Crippen LogP contribution in [-0.4, -0.2) is 12.7 Å². The Hall–Kier alpha value is -1.45.